The van der Waals surface area contributed by atoms with Gasteiger partial charge in [0.05, 0.1) is 12.6 Å². The van der Waals surface area contributed by atoms with Crippen LogP contribution in [-0.2, 0) is 6.42 Å². The number of nitrogens with two attached hydrogens (primary N) is 1. The Morgan fingerprint density at radius 1 is 1.47 bits per heavy atom. The van der Waals surface area contributed by atoms with Gasteiger partial charge in [0.1, 0.15) is 5.75 Å². The zero-order valence-corrected chi connectivity index (χ0v) is 11.1. The number of fused-ring (bicyclic) bond motifs is 1. The van der Waals surface area contributed by atoms with Crippen molar-refractivity contribution in [2.45, 2.75) is 12.5 Å². The first-order valence-corrected chi connectivity index (χ1v) is 6.68. The van der Waals surface area contributed by atoms with Crippen LogP contribution in [0.1, 0.15) is 17.2 Å². The summed E-state index contributed by atoms with van der Waals surface area (Å²) in [6.07, 6.45) is 0.958. The predicted molar refractivity (Wildman–Crippen MR) is 72.2 cm³/mol. The summed E-state index contributed by atoms with van der Waals surface area (Å²) in [4.78, 5) is 15.7. The molecule has 1 fully saturated rings. The summed E-state index contributed by atoms with van der Waals surface area (Å²) in [5.41, 5.74) is 7.97. The first kappa shape index (κ1) is 12.3. The second kappa shape index (κ2) is 4.74. The van der Waals surface area contributed by atoms with E-state index in [0.29, 0.717) is 19.6 Å². The predicted octanol–water partition coefficient (Wildman–Crippen LogP) is 0.989. The molecule has 3 rings (SSSR count). The Balaban J connectivity index is 1.84. The van der Waals surface area contributed by atoms with Crippen LogP contribution in [0, 0.1) is 0 Å². The van der Waals surface area contributed by atoms with E-state index in [1.54, 1.807) is 4.90 Å². The molecule has 1 unspecified atom stereocenters. The third-order valence-electron chi connectivity index (χ3n) is 3.93. The van der Waals surface area contributed by atoms with Crippen molar-refractivity contribution in [1.82, 2.24) is 9.80 Å². The summed E-state index contributed by atoms with van der Waals surface area (Å²) in [7, 11) is 1.85. The van der Waals surface area contributed by atoms with Gasteiger partial charge in [-0.1, -0.05) is 6.07 Å². The van der Waals surface area contributed by atoms with Gasteiger partial charge in [-0.15, -0.1) is 0 Å². The number of nitrogens with zero attached hydrogens (tertiary/aromatic N) is 2. The average Bonchev–Trinajstić information content (AvgIpc) is 2.98. The molecule has 102 valence electrons. The van der Waals surface area contributed by atoms with Gasteiger partial charge in [-0.2, -0.15) is 0 Å². The lowest BCUT2D eigenvalue weighted by atomic mass is 10.0. The van der Waals surface area contributed by atoms with E-state index in [1.165, 1.54) is 11.1 Å². The van der Waals surface area contributed by atoms with Crippen LogP contribution in [0.2, 0.25) is 0 Å². The Hall–Kier alpha value is -1.75. The molecule has 2 aliphatic heterocycles. The van der Waals surface area contributed by atoms with E-state index in [4.69, 9.17) is 10.5 Å². The number of ether oxygens (including phenoxy) is 1. The molecule has 5 nitrogen and oxygen atoms in total. The highest BCUT2D eigenvalue weighted by atomic mass is 16.5. The number of amides is 2. The molecular formula is C14H19N3O2. The van der Waals surface area contributed by atoms with Gasteiger partial charge in [-0.3, -0.25) is 0 Å². The topological polar surface area (TPSA) is 58.8 Å². The third kappa shape index (κ3) is 2.04. The molecule has 0 aliphatic carbocycles. The van der Waals surface area contributed by atoms with E-state index in [0.717, 1.165) is 18.8 Å². The van der Waals surface area contributed by atoms with Crippen molar-refractivity contribution in [3.8, 4) is 5.75 Å². The Morgan fingerprint density at radius 2 is 2.32 bits per heavy atom. The smallest absolute Gasteiger partial charge is 0.320 e. The number of urea groups is 1. The number of hydrogen-bond acceptors (Lipinski definition) is 3. The van der Waals surface area contributed by atoms with Crippen molar-refractivity contribution >= 4 is 6.03 Å². The van der Waals surface area contributed by atoms with E-state index < -0.39 is 0 Å². The molecule has 1 aromatic carbocycles. The van der Waals surface area contributed by atoms with Gasteiger partial charge < -0.3 is 20.3 Å². The van der Waals surface area contributed by atoms with Crippen LogP contribution in [0.3, 0.4) is 0 Å². The summed E-state index contributed by atoms with van der Waals surface area (Å²) in [5, 5.41) is 0. The largest absolute Gasteiger partial charge is 0.493 e. The second-order valence-electron chi connectivity index (χ2n) is 5.11. The Bertz CT molecular complexity index is 503. The minimum absolute atomic E-state index is 0.0622. The van der Waals surface area contributed by atoms with Crippen LogP contribution < -0.4 is 10.5 Å². The van der Waals surface area contributed by atoms with E-state index in [9.17, 15) is 4.79 Å². The normalized spacial score (nSPS) is 21.8. The molecule has 1 aromatic rings. The summed E-state index contributed by atoms with van der Waals surface area (Å²) in [5.74, 6) is 0.981. The maximum atomic E-state index is 12.1. The summed E-state index contributed by atoms with van der Waals surface area (Å²) < 4.78 is 5.52. The second-order valence-corrected chi connectivity index (χ2v) is 5.11. The molecule has 0 spiro atoms. The SMILES string of the molecule is CN1C(=O)N(CCN)CC1c1ccc2c(c1)CCO2. The number of likely N-dealkylation sites (N-methyl/N-ethyl adjacent to an activating group) is 1. The fraction of sp³-hybridized carbons (Fsp3) is 0.500. The van der Waals surface area contributed by atoms with Gasteiger partial charge in [0.2, 0.25) is 0 Å². The molecular weight excluding hydrogens is 242 g/mol. The molecule has 19 heavy (non-hydrogen) atoms. The highest BCUT2D eigenvalue weighted by Gasteiger charge is 2.35. The zero-order chi connectivity index (χ0) is 13.4. The van der Waals surface area contributed by atoms with Gasteiger partial charge in [0.25, 0.3) is 0 Å². The maximum absolute atomic E-state index is 12.1. The molecule has 2 heterocycles. The van der Waals surface area contributed by atoms with Crippen molar-refractivity contribution in [3.05, 3.63) is 29.3 Å². The average molecular weight is 261 g/mol. The van der Waals surface area contributed by atoms with Crippen LogP contribution in [0.15, 0.2) is 18.2 Å². The summed E-state index contributed by atoms with van der Waals surface area (Å²) >= 11 is 0. The van der Waals surface area contributed by atoms with Crippen LogP contribution in [0.4, 0.5) is 4.79 Å². The Morgan fingerprint density at radius 3 is 3.11 bits per heavy atom. The molecule has 0 bridgehead atoms. The molecule has 2 N–H and O–H groups in total. The minimum atomic E-state index is 0.0622. The lowest BCUT2D eigenvalue weighted by Gasteiger charge is -2.18. The number of hydrogen-bond donors (Lipinski definition) is 1. The molecule has 0 radical (unpaired) electrons. The zero-order valence-electron chi connectivity index (χ0n) is 11.1. The van der Waals surface area contributed by atoms with E-state index >= 15 is 0 Å². The van der Waals surface area contributed by atoms with Gasteiger partial charge in [0, 0.05) is 33.1 Å². The number of benzene rings is 1. The van der Waals surface area contributed by atoms with Crippen molar-refractivity contribution < 1.29 is 9.53 Å². The molecule has 5 heteroatoms. The van der Waals surface area contributed by atoms with Gasteiger partial charge in [0.15, 0.2) is 0 Å². The first-order chi connectivity index (χ1) is 9.20. The standard InChI is InChI=1S/C14H19N3O2/c1-16-12(9-17(6-5-15)14(16)18)10-2-3-13-11(8-10)4-7-19-13/h2-3,8,12H,4-7,9,15H2,1H3. The number of carbonyl (C=O) groups excluding carboxylic acids is 1. The molecule has 2 amide bonds. The third-order valence-corrected chi connectivity index (χ3v) is 3.93. The highest BCUT2D eigenvalue weighted by Crippen LogP contribution is 2.33. The lowest BCUT2D eigenvalue weighted by molar-refractivity contribution is 0.196. The van der Waals surface area contributed by atoms with E-state index in [-0.39, 0.29) is 12.1 Å². The van der Waals surface area contributed by atoms with Crippen LogP contribution in [0.5, 0.6) is 5.75 Å². The van der Waals surface area contributed by atoms with Crippen LogP contribution in [-0.4, -0.2) is 49.1 Å². The Labute approximate surface area is 112 Å². The summed E-state index contributed by atoms with van der Waals surface area (Å²) in [6, 6.07) is 6.42. The number of carbonyl (C=O) groups is 1. The van der Waals surface area contributed by atoms with Crippen molar-refractivity contribution in [2.75, 3.05) is 33.3 Å². The van der Waals surface area contributed by atoms with E-state index in [1.807, 2.05) is 18.0 Å². The fourth-order valence-electron chi connectivity index (χ4n) is 2.85. The lowest BCUT2D eigenvalue weighted by Crippen LogP contribution is -2.33. The molecule has 2 aliphatic rings. The highest BCUT2D eigenvalue weighted by molar-refractivity contribution is 5.77. The van der Waals surface area contributed by atoms with E-state index in [2.05, 4.69) is 12.1 Å². The van der Waals surface area contributed by atoms with Gasteiger partial charge in [-0.25, -0.2) is 4.79 Å². The molecule has 1 saturated heterocycles. The monoisotopic (exact) mass is 261 g/mol. The number of rotatable bonds is 3. The first-order valence-electron chi connectivity index (χ1n) is 6.68. The van der Waals surface area contributed by atoms with Crippen molar-refractivity contribution in [2.24, 2.45) is 5.73 Å². The van der Waals surface area contributed by atoms with Crippen molar-refractivity contribution in [1.29, 1.82) is 0 Å². The molecule has 0 aromatic heterocycles. The summed E-state index contributed by atoms with van der Waals surface area (Å²) in [6.45, 7) is 2.60. The quantitative estimate of drug-likeness (QED) is 0.882. The van der Waals surface area contributed by atoms with Crippen LogP contribution >= 0.6 is 0 Å². The molecule has 0 saturated carbocycles. The fourth-order valence-corrected chi connectivity index (χ4v) is 2.85. The van der Waals surface area contributed by atoms with Gasteiger partial charge >= 0.3 is 6.03 Å². The Kier molecular flexibility index (Phi) is 3.06. The minimum Gasteiger partial charge on any atom is -0.493 e. The van der Waals surface area contributed by atoms with Crippen molar-refractivity contribution in [3.63, 3.8) is 0 Å². The van der Waals surface area contributed by atoms with Crippen LogP contribution in [0.25, 0.3) is 0 Å². The maximum Gasteiger partial charge on any atom is 0.320 e. The van der Waals surface area contributed by atoms with Gasteiger partial charge in [-0.05, 0) is 23.3 Å². The molecule has 1 atom stereocenters.